The molecule has 1 amide bonds. The molecular weight excluding hydrogens is 466 g/mol. The van der Waals surface area contributed by atoms with Crippen molar-refractivity contribution in [3.8, 4) is 16.9 Å². The number of aliphatic hydroxyl groups excluding tert-OH is 1. The van der Waals surface area contributed by atoms with Crippen molar-refractivity contribution in [3.63, 3.8) is 0 Å². The Morgan fingerprint density at radius 1 is 0.857 bits per heavy atom. The zero-order valence-electron chi connectivity index (χ0n) is 19.5. The molecule has 0 saturated heterocycles. The summed E-state index contributed by atoms with van der Waals surface area (Å²) in [5.41, 5.74) is 3.67. The summed E-state index contributed by atoms with van der Waals surface area (Å²) in [5.74, 6) is -0.676. The number of carbonyl (C=O) groups is 2. The average Bonchev–Trinajstić information content (AvgIpc) is 2.87. The van der Waals surface area contributed by atoms with E-state index in [0.29, 0.717) is 35.9 Å². The number of unbranched alkanes of at least 4 members (excludes halogenated alkanes) is 3. The van der Waals surface area contributed by atoms with Gasteiger partial charge in [-0.05, 0) is 72.7 Å². The summed E-state index contributed by atoms with van der Waals surface area (Å²) in [6.07, 6.45) is 4.21. The predicted octanol–water partition coefficient (Wildman–Crippen LogP) is 5.61. The maximum atomic E-state index is 12.8. The Kier molecular flexibility index (Phi) is 10.1. The second-order valence-electron chi connectivity index (χ2n) is 8.21. The lowest BCUT2D eigenvalue weighted by Gasteiger charge is -2.12. The number of rotatable bonds is 13. The van der Waals surface area contributed by atoms with Crippen LogP contribution in [0.2, 0.25) is 5.02 Å². The van der Waals surface area contributed by atoms with Crippen LogP contribution in [0.15, 0.2) is 66.7 Å². The number of carbonyl (C=O) groups excluding carboxylic acids is 1. The second kappa shape index (κ2) is 13.5. The van der Waals surface area contributed by atoms with Gasteiger partial charge in [0.1, 0.15) is 5.75 Å². The zero-order chi connectivity index (χ0) is 25.0. The highest BCUT2D eigenvalue weighted by Crippen LogP contribution is 2.24. The van der Waals surface area contributed by atoms with Crippen LogP contribution in [-0.4, -0.2) is 41.8 Å². The maximum absolute atomic E-state index is 12.8. The van der Waals surface area contributed by atoms with Crippen molar-refractivity contribution in [1.29, 1.82) is 0 Å². The van der Waals surface area contributed by atoms with Crippen LogP contribution < -0.4 is 10.1 Å². The van der Waals surface area contributed by atoms with Crippen molar-refractivity contribution >= 4 is 23.5 Å². The summed E-state index contributed by atoms with van der Waals surface area (Å²) < 4.78 is 5.82. The Morgan fingerprint density at radius 2 is 1.51 bits per heavy atom. The Balaban J connectivity index is 1.51. The van der Waals surface area contributed by atoms with Crippen molar-refractivity contribution in [2.75, 3.05) is 19.8 Å². The lowest BCUT2D eigenvalue weighted by atomic mass is 10.0. The number of ether oxygens (including phenoxy) is 1. The maximum Gasteiger partial charge on any atom is 0.335 e. The lowest BCUT2D eigenvalue weighted by molar-refractivity contribution is 0.0696. The van der Waals surface area contributed by atoms with Gasteiger partial charge in [0, 0.05) is 18.2 Å². The normalized spacial score (nSPS) is 10.7. The van der Waals surface area contributed by atoms with Crippen molar-refractivity contribution in [3.05, 3.63) is 88.4 Å². The third kappa shape index (κ3) is 8.12. The van der Waals surface area contributed by atoms with E-state index in [4.69, 9.17) is 26.6 Å². The fraction of sp³-hybridized carbons (Fsp3) is 0.286. The van der Waals surface area contributed by atoms with E-state index >= 15 is 0 Å². The molecule has 0 saturated carbocycles. The Hall–Kier alpha value is -3.35. The summed E-state index contributed by atoms with van der Waals surface area (Å²) in [5, 5.41) is 21.3. The summed E-state index contributed by atoms with van der Waals surface area (Å²) >= 11 is 6.11. The molecule has 3 rings (SSSR count). The molecule has 0 fully saturated rings. The minimum Gasteiger partial charge on any atom is -0.493 e. The van der Waals surface area contributed by atoms with Gasteiger partial charge in [-0.3, -0.25) is 4.79 Å². The van der Waals surface area contributed by atoms with Crippen LogP contribution in [-0.2, 0) is 6.42 Å². The molecule has 3 N–H and O–H groups in total. The topological polar surface area (TPSA) is 95.9 Å². The van der Waals surface area contributed by atoms with E-state index in [1.807, 2.05) is 24.3 Å². The average molecular weight is 496 g/mol. The molecule has 0 radical (unpaired) electrons. The summed E-state index contributed by atoms with van der Waals surface area (Å²) in [4.78, 5) is 23.8. The van der Waals surface area contributed by atoms with Gasteiger partial charge in [0.2, 0.25) is 0 Å². The number of hydrogen-bond acceptors (Lipinski definition) is 4. The minimum atomic E-state index is -0.945. The molecule has 0 heterocycles. The first-order valence-electron chi connectivity index (χ1n) is 11.7. The number of aromatic carboxylic acids is 1. The highest BCUT2D eigenvalue weighted by molar-refractivity contribution is 6.31. The molecule has 6 nitrogen and oxygen atoms in total. The largest absolute Gasteiger partial charge is 0.493 e. The van der Waals surface area contributed by atoms with Crippen LogP contribution >= 0.6 is 11.6 Å². The number of hydrogen-bond donors (Lipinski definition) is 3. The van der Waals surface area contributed by atoms with Gasteiger partial charge < -0.3 is 20.3 Å². The molecular formula is C28H30ClNO5. The lowest BCUT2D eigenvalue weighted by Crippen LogP contribution is -2.26. The smallest absolute Gasteiger partial charge is 0.335 e. The molecule has 0 bridgehead atoms. The van der Waals surface area contributed by atoms with Gasteiger partial charge in [-0.25, -0.2) is 4.79 Å². The Labute approximate surface area is 210 Å². The van der Waals surface area contributed by atoms with Crippen molar-refractivity contribution in [2.45, 2.75) is 32.1 Å². The molecule has 184 valence electrons. The molecule has 0 aromatic heterocycles. The quantitative estimate of drug-likeness (QED) is 0.268. The molecule has 3 aromatic rings. The van der Waals surface area contributed by atoms with Gasteiger partial charge >= 0.3 is 5.97 Å². The first-order chi connectivity index (χ1) is 17.0. The fourth-order valence-corrected chi connectivity index (χ4v) is 3.81. The van der Waals surface area contributed by atoms with Crippen LogP contribution in [0.5, 0.6) is 5.75 Å². The molecule has 0 spiro atoms. The highest BCUT2D eigenvalue weighted by atomic mass is 35.5. The SMILES string of the molecule is O=C(O)c1ccc(-c2ccc(CCNC(=O)c3cc(Cl)ccc3OCCCCCCO)cc2)cc1. The number of carboxylic acid groups (broad SMARTS) is 1. The first-order valence-corrected chi connectivity index (χ1v) is 12.1. The van der Waals surface area contributed by atoms with Crippen molar-refractivity contribution in [2.24, 2.45) is 0 Å². The molecule has 7 heteroatoms. The van der Waals surface area contributed by atoms with Gasteiger partial charge in [-0.15, -0.1) is 0 Å². The first kappa shape index (κ1) is 26.3. The van der Waals surface area contributed by atoms with E-state index in [2.05, 4.69) is 5.32 Å². The van der Waals surface area contributed by atoms with E-state index < -0.39 is 5.97 Å². The van der Waals surface area contributed by atoms with Crippen LogP contribution in [0, 0.1) is 0 Å². The number of benzene rings is 3. The van der Waals surface area contributed by atoms with Crippen LogP contribution in [0.25, 0.3) is 11.1 Å². The van der Waals surface area contributed by atoms with Gasteiger partial charge in [0.05, 0.1) is 17.7 Å². The van der Waals surface area contributed by atoms with Gasteiger partial charge in [-0.2, -0.15) is 0 Å². The molecule has 0 aliphatic carbocycles. The van der Waals surface area contributed by atoms with Crippen LogP contribution in [0.3, 0.4) is 0 Å². The summed E-state index contributed by atoms with van der Waals surface area (Å²) in [6.45, 7) is 1.16. The number of halogens is 1. The fourth-order valence-electron chi connectivity index (χ4n) is 3.64. The molecule has 0 aliphatic heterocycles. The van der Waals surface area contributed by atoms with E-state index in [0.717, 1.165) is 42.4 Å². The third-order valence-electron chi connectivity index (χ3n) is 5.61. The molecule has 0 aliphatic rings. The number of nitrogens with one attached hydrogen (secondary N) is 1. The monoisotopic (exact) mass is 495 g/mol. The van der Waals surface area contributed by atoms with Crippen LogP contribution in [0.4, 0.5) is 0 Å². The Morgan fingerprint density at radius 3 is 2.17 bits per heavy atom. The summed E-state index contributed by atoms with van der Waals surface area (Å²) in [6, 6.07) is 19.8. The van der Waals surface area contributed by atoms with Crippen molar-refractivity contribution < 1.29 is 24.5 Å². The molecule has 0 unspecified atom stereocenters. The molecule has 3 aromatic carbocycles. The van der Waals surface area contributed by atoms with Gasteiger partial charge in [-0.1, -0.05) is 54.4 Å². The van der Waals surface area contributed by atoms with Crippen LogP contribution in [0.1, 0.15) is 52.0 Å². The number of carboxylic acids is 1. The molecule has 35 heavy (non-hydrogen) atoms. The van der Waals surface area contributed by atoms with Gasteiger partial charge in [0.15, 0.2) is 0 Å². The van der Waals surface area contributed by atoms with E-state index in [1.165, 1.54) is 0 Å². The van der Waals surface area contributed by atoms with Gasteiger partial charge in [0.25, 0.3) is 5.91 Å². The van der Waals surface area contributed by atoms with E-state index in [1.54, 1.807) is 42.5 Å². The molecule has 0 atom stereocenters. The Bertz CT molecular complexity index is 1110. The summed E-state index contributed by atoms with van der Waals surface area (Å²) in [7, 11) is 0. The van der Waals surface area contributed by atoms with Crippen molar-refractivity contribution in [1.82, 2.24) is 5.32 Å². The highest BCUT2D eigenvalue weighted by Gasteiger charge is 2.13. The standard InChI is InChI=1S/C28H30ClNO5/c29-24-13-14-26(35-18-4-2-1-3-17-31)25(19-24)27(32)30-16-15-20-5-7-21(8-6-20)22-9-11-23(12-10-22)28(33)34/h5-14,19,31H,1-4,15-18H2,(H,30,32)(H,33,34). The third-order valence-corrected chi connectivity index (χ3v) is 5.85. The predicted molar refractivity (Wildman–Crippen MR) is 137 cm³/mol. The number of aliphatic hydroxyl groups is 1. The zero-order valence-corrected chi connectivity index (χ0v) is 20.3. The number of amides is 1. The van der Waals surface area contributed by atoms with E-state index in [9.17, 15) is 9.59 Å². The van der Waals surface area contributed by atoms with E-state index in [-0.39, 0.29) is 18.1 Å². The minimum absolute atomic E-state index is 0.203. The second-order valence-corrected chi connectivity index (χ2v) is 8.65.